The molecule has 0 amide bonds. The average Bonchev–Trinajstić information content (AvgIpc) is 2.65. The van der Waals surface area contributed by atoms with Crippen LogP contribution in [0.1, 0.15) is 42.4 Å². The largest absolute Gasteiger partial charge is 0.289 e. The smallest absolute Gasteiger partial charge is 0.128 e. The zero-order valence-corrected chi connectivity index (χ0v) is 14.9. The summed E-state index contributed by atoms with van der Waals surface area (Å²) >= 11 is 0. The van der Waals surface area contributed by atoms with Gasteiger partial charge in [-0.15, -0.1) is 0 Å². The fraction of sp³-hybridized carbons (Fsp3) is 0.348. The van der Waals surface area contributed by atoms with Crippen LogP contribution in [0.3, 0.4) is 0 Å². The fourth-order valence-corrected chi connectivity index (χ4v) is 4.38. The Morgan fingerprint density at radius 2 is 1.96 bits per heavy atom. The molecular weight excluding hydrogens is 323 g/mol. The van der Waals surface area contributed by atoms with E-state index in [4.69, 9.17) is 5.26 Å². The van der Waals surface area contributed by atoms with Crippen LogP contribution in [0.5, 0.6) is 0 Å². The van der Waals surface area contributed by atoms with Gasteiger partial charge >= 0.3 is 0 Å². The van der Waals surface area contributed by atoms with E-state index in [1.54, 1.807) is 12.1 Å². The number of hydrogen-bond donors (Lipinski definition) is 0. The first-order chi connectivity index (χ1) is 12.7. The molecule has 0 N–H and O–H groups in total. The second-order valence-corrected chi connectivity index (χ2v) is 7.43. The van der Waals surface area contributed by atoms with Gasteiger partial charge in [0.15, 0.2) is 0 Å². The highest BCUT2D eigenvalue weighted by atomic mass is 19.1. The Kier molecular flexibility index (Phi) is 4.86. The van der Waals surface area contributed by atoms with Crippen LogP contribution in [0.15, 0.2) is 60.2 Å². The number of halogens is 1. The lowest BCUT2D eigenvalue weighted by Crippen LogP contribution is -2.48. The van der Waals surface area contributed by atoms with Crippen molar-refractivity contribution in [2.75, 3.05) is 0 Å². The molecule has 0 spiro atoms. The van der Waals surface area contributed by atoms with E-state index < -0.39 is 0 Å². The van der Waals surface area contributed by atoms with Crippen LogP contribution in [0.2, 0.25) is 0 Å². The number of hydrogen-bond acceptors (Lipinski definition) is 2. The molecule has 2 nitrogen and oxygen atoms in total. The molecule has 0 aromatic heterocycles. The molecule has 1 saturated heterocycles. The molecule has 132 valence electrons. The van der Waals surface area contributed by atoms with Gasteiger partial charge in [-0.1, -0.05) is 54.5 Å². The third-order valence-corrected chi connectivity index (χ3v) is 5.67. The minimum absolute atomic E-state index is 0.262. The van der Waals surface area contributed by atoms with E-state index in [-0.39, 0.29) is 5.82 Å². The zero-order chi connectivity index (χ0) is 17.9. The van der Waals surface area contributed by atoms with Crippen LogP contribution in [0.25, 0.3) is 0 Å². The molecule has 1 fully saturated rings. The Morgan fingerprint density at radius 1 is 1.12 bits per heavy atom. The summed E-state index contributed by atoms with van der Waals surface area (Å²) in [4.78, 5) is 2.62. The Morgan fingerprint density at radius 3 is 2.69 bits per heavy atom. The predicted molar refractivity (Wildman–Crippen MR) is 101 cm³/mol. The quantitative estimate of drug-likeness (QED) is 0.729. The molecule has 2 aromatic rings. The van der Waals surface area contributed by atoms with Gasteiger partial charge in [-0.3, -0.25) is 4.90 Å². The van der Waals surface area contributed by atoms with Crippen molar-refractivity contribution in [3.05, 3.63) is 82.7 Å². The number of rotatable bonds is 4. The topological polar surface area (TPSA) is 27.0 Å². The molecule has 2 aromatic carbocycles. The fourth-order valence-electron chi connectivity index (χ4n) is 4.38. The Bertz CT molecular complexity index is 850. The van der Waals surface area contributed by atoms with Crippen molar-refractivity contribution in [2.45, 2.75) is 50.7 Å². The van der Waals surface area contributed by atoms with Gasteiger partial charge in [-0.05, 0) is 48.9 Å². The lowest BCUT2D eigenvalue weighted by atomic mass is 9.82. The molecule has 2 atom stereocenters. The van der Waals surface area contributed by atoms with Gasteiger partial charge in [0.2, 0.25) is 0 Å². The van der Waals surface area contributed by atoms with Crippen LogP contribution in [-0.2, 0) is 13.0 Å². The number of nitriles is 1. The van der Waals surface area contributed by atoms with E-state index in [0.717, 1.165) is 13.0 Å². The highest BCUT2D eigenvalue weighted by Gasteiger charge is 2.33. The number of benzene rings is 2. The van der Waals surface area contributed by atoms with E-state index in [2.05, 4.69) is 41.3 Å². The van der Waals surface area contributed by atoms with Crippen molar-refractivity contribution in [1.29, 1.82) is 5.26 Å². The summed E-state index contributed by atoms with van der Waals surface area (Å²) in [6.45, 7) is 0.991. The van der Waals surface area contributed by atoms with Crippen molar-refractivity contribution in [3.63, 3.8) is 0 Å². The van der Waals surface area contributed by atoms with Crippen LogP contribution in [-0.4, -0.2) is 17.0 Å². The monoisotopic (exact) mass is 346 g/mol. The molecule has 0 radical (unpaired) electrons. The number of fused-ring (bicyclic) bond motifs is 2. The zero-order valence-electron chi connectivity index (χ0n) is 14.9. The molecular formula is C23H23FN2. The molecule has 0 aliphatic carbocycles. The van der Waals surface area contributed by atoms with Gasteiger partial charge < -0.3 is 0 Å². The van der Waals surface area contributed by atoms with Gasteiger partial charge in [-0.2, -0.15) is 5.26 Å². The Hall–Kier alpha value is -2.44. The SMILES string of the molecule is N#Cc1ccc(CC2=CC3CCCC(C2)N3Cc2ccccc2)c(F)c1. The molecule has 2 bridgehead atoms. The first-order valence-electron chi connectivity index (χ1n) is 9.40. The highest BCUT2D eigenvalue weighted by molar-refractivity contribution is 5.35. The summed E-state index contributed by atoms with van der Waals surface area (Å²) in [6.07, 6.45) is 7.72. The molecule has 4 rings (SSSR count). The molecule has 2 aliphatic rings. The maximum atomic E-state index is 14.3. The summed E-state index contributed by atoms with van der Waals surface area (Å²) in [5.74, 6) is -0.262. The summed E-state index contributed by atoms with van der Waals surface area (Å²) in [5.41, 5.74) is 3.78. The van der Waals surface area contributed by atoms with E-state index in [1.165, 1.54) is 36.5 Å². The molecule has 0 saturated carbocycles. The Balaban J connectivity index is 1.52. The average molecular weight is 346 g/mol. The van der Waals surface area contributed by atoms with Crippen molar-refractivity contribution in [2.24, 2.45) is 0 Å². The maximum Gasteiger partial charge on any atom is 0.128 e. The molecule has 2 heterocycles. The first-order valence-corrected chi connectivity index (χ1v) is 9.40. The van der Waals surface area contributed by atoms with Crippen LogP contribution in [0, 0.1) is 17.1 Å². The van der Waals surface area contributed by atoms with Gasteiger partial charge in [0.25, 0.3) is 0 Å². The van der Waals surface area contributed by atoms with Crippen molar-refractivity contribution in [3.8, 4) is 6.07 Å². The van der Waals surface area contributed by atoms with Gasteiger partial charge in [-0.25, -0.2) is 4.39 Å². The second kappa shape index (κ2) is 7.43. The summed E-state index contributed by atoms with van der Waals surface area (Å²) in [7, 11) is 0. The van der Waals surface area contributed by atoms with Crippen molar-refractivity contribution in [1.82, 2.24) is 4.90 Å². The van der Waals surface area contributed by atoms with E-state index in [1.807, 2.05) is 6.07 Å². The van der Waals surface area contributed by atoms with Gasteiger partial charge in [0.05, 0.1) is 11.6 Å². The van der Waals surface area contributed by atoms with Gasteiger partial charge in [0.1, 0.15) is 5.82 Å². The van der Waals surface area contributed by atoms with Crippen molar-refractivity contribution < 1.29 is 4.39 Å². The molecule has 2 unspecified atom stereocenters. The summed E-state index contributed by atoms with van der Waals surface area (Å²) in [5, 5.41) is 8.90. The van der Waals surface area contributed by atoms with Crippen molar-refractivity contribution >= 4 is 0 Å². The Labute approximate surface area is 154 Å². The number of nitrogens with zero attached hydrogens (tertiary/aromatic N) is 2. The first kappa shape index (κ1) is 17.0. The minimum atomic E-state index is -0.262. The predicted octanol–water partition coefficient (Wildman–Crippen LogP) is 4.99. The second-order valence-electron chi connectivity index (χ2n) is 7.43. The molecule has 26 heavy (non-hydrogen) atoms. The third kappa shape index (κ3) is 3.57. The number of piperidine rings is 1. The van der Waals surface area contributed by atoms with E-state index >= 15 is 0 Å². The normalized spacial score (nSPS) is 22.5. The lowest BCUT2D eigenvalue weighted by Gasteiger charge is -2.45. The van der Waals surface area contributed by atoms with Crippen LogP contribution < -0.4 is 0 Å². The minimum Gasteiger partial charge on any atom is -0.289 e. The summed E-state index contributed by atoms with van der Waals surface area (Å²) < 4.78 is 14.3. The standard InChI is InChI=1S/C23H23FN2/c24-23-14-18(15-25)9-10-20(23)11-19-12-21-7-4-8-22(13-19)26(21)16-17-5-2-1-3-6-17/h1-3,5-6,9-10,12,14,21-22H,4,7-8,11,13,16H2. The molecule has 3 heteroatoms. The van der Waals surface area contributed by atoms with Gasteiger partial charge in [0, 0.05) is 18.6 Å². The highest BCUT2D eigenvalue weighted by Crippen LogP contribution is 2.35. The molecule has 2 aliphatic heterocycles. The van der Waals surface area contributed by atoms with E-state index in [0.29, 0.717) is 29.6 Å². The summed E-state index contributed by atoms with van der Waals surface area (Å²) in [6, 6.07) is 18.5. The van der Waals surface area contributed by atoms with Crippen LogP contribution >= 0.6 is 0 Å². The van der Waals surface area contributed by atoms with Crippen LogP contribution in [0.4, 0.5) is 4.39 Å². The third-order valence-electron chi connectivity index (χ3n) is 5.67. The van der Waals surface area contributed by atoms with E-state index in [9.17, 15) is 4.39 Å². The maximum absolute atomic E-state index is 14.3. The lowest BCUT2D eigenvalue weighted by molar-refractivity contribution is 0.0880.